The summed E-state index contributed by atoms with van der Waals surface area (Å²) in [5.74, 6) is 1.20. The topological polar surface area (TPSA) is 55.1 Å². The van der Waals surface area contributed by atoms with E-state index < -0.39 is 0 Å². The molecule has 156 valence electrons. The third kappa shape index (κ3) is 4.89. The van der Waals surface area contributed by atoms with E-state index in [1.807, 2.05) is 49.1 Å². The van der Waals surface area contributed by atoms with Gasteiger partial charge in [-0.1, -0.05) is 49.4 Å². The quantitative estimate of drug-likeness (QED) is 0.581. The molecular formula is C26H27N5. The Labute approximate surface area is 183 Å². The van der Waals surface area contributed by atoms with Gasteiger partial charge >= 0.3 is 0 Å². The number of aromatic nitrogens is 3. The molecule has 3 heterocycles. The Bertz CT molecular complexity index is 1150. The fourth-order valence-electron chi connectivity index (χ4n) is 3.50. The van der Waals surface area contributed by atoms with Crippen LogP contribution in [0.1, 0.15) is 25.0 Å². The van der Waals surface area contributed by atoms with Crippen LogP contribution in [0.15, 0.2) is 96.1 Å². The highest BCUT2D eigenvalue weighted by atomic mass is 15.3. The van der Waals surface area contributed by atoms with Gasteiger partial charge in [-0.3, -0.25) is 14.7 Å². The molecule has 1 aliphatic rings. The van der Waals surface area contributed by atoms with E-state index in [0.29, 0.717) is 12.5 Å². The second-order valence-corrected chi connectivity index (χ2v) is 7.61. The molecule has 1 N–H and O–H groups in total. The standard InChI is InChI=1S/C26H27N5/c1-4-5-6-24-19(2)7-12-25(29-24)22-10-8-20(9-11-22)17-28-26-23(18-31(3)30-26)21-13-15-27-16-14-21/h4-16,18-19H,17H2,1-3H3,(H,28,30)/b5-4-,24-6+. The van der Waals surface area contributed by atoms with Gasteiger partial charge in [-0.15, -0.1) is 0 Å². The lowest BCUT2D eigenvalue weighted by Gasteiger charge is -2.15. The third-order valence-corrected chi connectivity index (χ3v) is 5.25. The van der Waals surface area contributed by atoms with Crippen LogP contribution in [-0.4, -0.2) is 20.5 Å². The lowest BCUT2D eigenvalue weighted by molar-refractivity contribution is 0.768. The Morgan fingerprint density at radius 2 is 1.84 bits per heavy atom. The first-order chi connectivity index (χ1) is 15.1. The van der Waals surface area contributed by atoms with Crippen molar-refractivity contribution in [1.29, 1.82) is 0 Å². The average Bonchev–Trinajstić information content (AvgIpc) is 3.18. The van der Waals surface area contributed by atoms with Gasteiger partial charge in [0.05, 0.1) is 5.71 Å². The highest BCUT2D eigenvalue weighted by Gasteiger charge is 2.13. The van der Waals surface area contributed by atoms with E-state index in [2.05, 4.69) is 64.8 Å². The van der Waals surface area contributed by atoms with E-state index in [4.69, 9.17) is 4.99 Å². The first kappa shape index (κ1) is 20.5. The number of allylic oxidation sites excluding steroid dienone is 5. The smallest absolute Gasteiger partial charge is 0.156 e. The zero-order valence-corrected chi connectivity index (χ0v) is 18.2. The SMILES string of the molecule is C/C=C\C=C1\N=C(c2ccc(CNc3nn(C)cc3-c3ccncc3)cc2)C=CC1C. The number of benzene rings is 1. The molecule has 2 aromatic heterocycles. The fraction of sp³-hybridized carbons (Fsp3) is 0.192. The molecular weight excluding hydrogens is 382 g/mol. The van der Waals surface area contributed by atoms with Gasteiger partial charge in [0.2, 0.25) is 0 Å². The molecule has 0 amide bonds. The normalized spacial score (nSPS) is 17.3. The minimum absolute atomic E-state index is 0.330. The van der Waals surface area contributed by atoms with Crippen LogP contribution in [0.3, 0.4) is 0 Å². The molecule has 1 aromatic carbocycles. The minimum Gasteiger partial charge on any atom is -0.364 e. The number of hydrogen-bond acceptors (Lipinski definition) is 4. The van der Waals surface area contributed by atoms with E-state index in [0.717, 1.165) is 33.9 Å². The van der Waals surface area contributed by atoms with Gasteiger partial charge in [0.1, 0.15) is 0 Å². The van der Waals surface area contributed by atoms with E-state index >= 15 is 0 Å². The Morgan fingerprint density at radius 3 is 2.58 bits per heavy atom. The Hall–Kier alpha value is -3.73. The molecule has 1 aliphatic heterocycles. The van der Waals surface area contributed by atoms with E-state index in [1.165, 1.54) is 5.56 Å². The van der Waals surface area contributed by atoms with Gasteiger partial charge < -0.3 is 5.32 Å². The molecule has 0 saturated carbocycles. The van der Waals surface area contributed by atoms with Crippen molar-refractivity contribution in [2.75, 3.05) is 5.32 Å². The highest BCUT2D eigenvalue weighted by molar-refractivity contribution is 6.09. The van der Waals surface area contributed by atoms with E-state index in [9.17, 15) is 0 Å². The fourth-order valence-corrected chi connectivity index (χ4v) is 3.50. The number of dihydropyridines is 1. The van der Waals surface area contributed by atoms with Crippen molar-refractivity contribution >= 4 is 11.5 Å². The Morgan fingerprint density at radius 1 is 1.06 bits per heavy atom. The molecule has 1 atom stereocenters. The van der Waals surface area contributed by atoms with Crippen LogP contribution in [0.2, 0.25) is 0 Å². The van der Waals surface area contributed by atoms with E-state index in [1.54, 1.807) is 12.4 Å². The Kier molecular flexibility index (Phi) is 6.22. The molecule has 0 radical (unpaired) electrons. The van der Waals surface area contributed by atoms with Crippen molar-refractivity contribution in [3.8, 4) is 11.1 Å². The molecule has 0 aliphatic carbocycles. The molecule has 0 spiro atoms. The summed E-state index contributed by atoms with van der Waals surface area (Å²) >= 11 is 0. The van der Waals surface area contributed by atoms with E-state index in [-0.39, 0.29) is 0 Å². The molecule has 4 rings (SSSR count). The number of hydrogen-bond donors (Lipinski definition) is 1. The maximum atomic E-state index is 4.85. The molecule has 31 heavy (non-hydrogen) atoms. The summed E-state index contributed by atoms with van der Waals surface area (Å²) in [4.78, 5) is 8.95. The van der Waals surface area contributed by atoms with Crippen LogP contribution in [0, 0.1) is 5.92 Å². The average molecular weight is 410 g/mol. The van der Waals surface area contributed by atoms with Crippen LogP contribution < -0.4 is 5.32 Å². The van der Waals surface area contributed by atoms with Gasteiger partial charge in [-0.25, -0.2) is 0 Å². The Balaban J connectivity index is 1.48. The molecule has 1 unspecified atom stereocenters. The van der Waals surface area contributed by atoms with Crippen LogP contribution in [-0.2, 0) is 13.6 Å². The van der Waals surface area contributed by atoms with Crippen molar-refractivity contribution in [3.05, 3.63) is 102 Å². The summed E-state index contributed by atoms with van der Waals surface area (Å²) < 4.78 is 1.83. The zero-order chi connectivity index (χ0) is 21.6. The molecule has 0 bridgehead atoms. The van der Waals surface area contributed by atoms with Crippen LogP contribution in [0.5, 0.6) is 0 Å². The molecule has 0 saturated heterocycles. The zero-order valence-electron chi connectivity index (χ0n) is 18.2. The van der Waals surface area contributed by atoms with Gasteiger partial charge in [-0.2, -0.15) is 5.10 Å². The van der Waals surface area contributed by atoms with Gasteiger partial charge in [0, 0.05) is 54.9 Å². The first-order valence-electron chi connectivity index (χ1n) is 10.5. The van der Waals surface area contributed by atoms with Crippen LogP contribution in [0.4, 0.5) is 5.82 Å². The maximum absolute atomic E-state index is 4.85. The number of aryl methyl sites for hydroxylation is 1. The van der Waals surface area contributed by atoms with Crippen molar-refractivity contribution in [2.24, 2.45) is 18.0 Å². The van der Waals surface area contributed by atoms with Crippen LogP contribution >= 0.6 is 0 Å². The summed E-state index contributed by atoms with van der Waals surface area (Å²) in [6.07, 6.45) is 16.1. The second-order valence-electron chi connectivity index (χ2n) is 7.61. The van der Waals surface area contributed by atoms with Crippen molar-refractivity contribution < 1.29 is 0 Å². The van der Waals surface area contributed by atoms with Gasteiger partial charge in [0.25, 0.3) is 0 Å². The first-order valence-corrected chi connectivity index (χ1v) is 10.5. The number of anilines is 1. The second kappa shape index (κ2) is 9.39. The summed E-state index contributed by atoms with van der Waals surface area (Å²) in [7, 11) is 1.93. The maximum Gasteiger partial charge on any atom is 0.156 e. The number of rotatable bonds is 6. The summed E-state index contributed by atoms with van der Waals surface area (Å²) in [5, 5.41) is 8.05. The van der Waals surface area contributed by atoms with Crippen molar-refractivity contribution in [2.45, 2.75) is 20.4 Å². The molecule has 5 nitrogen and oxygen atoms in total. The van der Waals surface area contributed by atoms with Crippen molar-refractivity contribution in [1.82, 2.24) is 14.8 Å². The molecule has 0 fully saturated rings. The minimum atomic E-state index is 0.330. The van der Waals surface area contributed by atoms with Crippen LogP contribution in [0.25, 0.3) is 11.1 Å². The lowest BCUT2D eigenvalue weighted by Crippen LogP contribution is -2.07. The number of nitrogens with zero attached hydrogens (tertiary/aromatic N) is 4. The number of nitrogens with one attached hydrogen (secondary N) is 1. The predicted octanol–water partition coefficient (Wildman–Crippen LogP) is 5.55. The molecule has 3 aromatic rings. The lowest BCUT2D eigenvalue weighted by atomic mass is 9.99. The predicted molar refractivity (Wildman–Crippen MR) is 128 cm³/mol. The monoisotopic (exact) mass is 409 g/mol. The largest absolute Gasteiger partial charge is 0.364 e. The number of aliphatic imine (C=N–C) groups is 1. The third-order valence-electron chi connectivity index (χ3n) is 5.25. The van der Waals surface area contributed by atoms with Gasteiger partial charge in [0.15, 0.2) is 5.82 Å². The van der Waals surface area contributed by atoms with Gasteiger partial charge in [-0.05, 0) is 42.3 Å². The summed E-state index contributed by atoms with van der Waals surface area (Å²) in [5.41, 5.74) is 6.55. The summed E-state index contributed by atoms with van der Waals surface area (Å²) in [6, 6.07) is 12.5. The van der Waals surface area contributed by atoms with Crippen molar-refractivity contribution in [3.63, 3.8) is 0 Å². The highest BCUT2D eigenvalue weighted by Crippen LogP contribution is 2.26. The summed E-state index contributed by atoms with van der Waals surface area (Å²) in [6.45, 7) is 4.88. The number of pyridine rings is 1. The molecule has 5 heteroatoms.